The zero-order chi connectivity index (χ0) is 7.56. The van der Waals surface area contributed by atoms with Crippen LogP contribution in [0, 0.1) is 0 Å². The predicted molar refractivity (Wildman–Crippen MR) is 38.4 cm³/mol. The summed E-state index contributed by atoms with van der Waals surface area (Å²) < 4.78 is 1.75. The van der Waals surface area contributed by atoms with Gasteiger partial charge in [-0.1, -0.05) is 0 Å². The minimum atomic E-state index is 0.113. The van der Waals surface area contributed by atoms with Crippen LogP contribution in [-0.4, -0.2) is 20.8 Å². The Labute approximate surface area is 60.1 Å². The summed E-state index contributed by atoms with van der Waals surface area (Å²) in [6, 6.07) is 0.337. The molecule has 1 aromatic rings. The Hall–Kier alpha value is -0.900. The van der Waals surface area contributed by atoms with Crippen LogP contribution in [0.25, 0.3) is 0 Å². The van der Waals surface area contributed by atoms with Crippen LogP contribution in [0.4, 0.5) is 0 Å². The van der Waals surface area contributed by atoms with Crippen molar-refractivity contribution in [2.75, 3.05) is 0 Å². The van der Waals surface area contributed by atoms with Crippen LogP contribution in [0.2, 0.25) is 0 Å². The van der Waals surface area contributed by atoms with Crippen LogP contribution < -0.4 is 5.73 Å². The molecule has 0 unspecified atom stereocenters. The smallest absolute Gasteiger partial charge is 0.137 e. The van der Waals surface area contributed by atoms with Gasteiger partial charge in [0.25, 0.3) is 0 Å². The molecule has 4 nitrogen and oxygen atoms in total. The highest BCUT2D eigenvalue weighted by Gasteiger charge is 2.08. The van der Waals surface area contributed by atoms with Crippen LogP contribution in [0.5, 0.6) is 0 Å². The van der Waals surface area contributed by atoms with E-state index in [1.807, 2.05) is 13.8 Å². The summed E-state index contributed by atoms with van der Waals surface area (Å²) in [5.74, 6) is 0. The third kappa shape index (κ3) is 1.33. The number of aromatic nitrogens is 3. The summed E-state index contributed by atoms with van der Waals surface area (Å²) in [4.78, 5) is 3.82. The third-order valence-electron chi connectivity index (χ3n) is 1.61. The van der Waals surface area contributed by atoms with Gasteiger partial charge in [0, 0.05) is 6.04 Å². The summed E-state index contributed by atoms with van der Waals surface area (Å²) in [5.41, 5.74) is 5.64. The monoisotopic (exact) mass is 140 g/mol. The molecule has 0 saturated carbocycles. The molecule has 2 N–H and O–H groups in total. The van der Waals surface area contributed by atoms with Crippen molar-refractivity contribution in [3.05, 3.63) is 12.7 Å². The molecular formula is C6H12N4. The maximum absolute atomic E-state index is 5.64. The van der Waals surface area contributed by atoms with E-state index in [2.05, 4.69) is 10.1 Å². The number of hydrogen-bond donors (Lipinski definition) is 1. The van der Waals surface area contributed by atoms with Crippen LogP contribution in [-0.2, 0) is 0 Å². The maximum Gasteiger partial charge on any atom is 0.137 e. The van der Waals surface area contributed by atoms with E-state index in [4.69, 9.17) is 5.73 Å². The van der Waals surface area contributed by atoms with Crippen molar-refractivity contribution in [2.45, 2.75) is 25.9 Å². The van der Waals surface area contributed by atoms with E-state index in [1.165, 1.54) is 6.33 Å². The molecule has 1 heterocycles. The lowest BCUT2D eigenvalue weighted by molar-refractivity contribution is 0.424. The van der Waals surface area contributed by atoms with Gasteiger partial charge in [-0.2, -0.15) is 5.10 Å². The Morgan fingerprint density at radius 2 is 2.20 bits per heavy atom. The molecule has 0 aromatic carbocycles. The van der Waals surface area contributed by atoms with Crippen molar-refractivity contribution in [2.24, 2.45) is 5.73 Å². The number of nitrogens with zero attached hydrogens (tertiary/aromatic N) is 3. The third-order valence-corrected chi connectivity index (χ3v) is 1.61. The molecule has 0 fully saturated rings. The van der Waals surface area contributed by atoms with Crippen LogP contribution in [0.3, 0.4) is 0 Å². The minimum Gasteiger partial charge on any atom is -0.326 e. The second kappa shape index (κ2) is 2.79. The maximum atomic E-state index is 5.64. The van der Waals surface area contributed by atoms with E-state index in [1.54, 1.807) is 11.0 Å². The van der Waals surface area contributed by atoms with Crippen LogP contribution in [0.15, 0.2) is 12.7 Å². The number of rotatable bonds is 2. The van der Waals surface area contributed by atoms with Crippen molar-refractivity contribution < 1.29 is 0 Å². The number of nitrogens with two attached hydrogens (primary N) is 1. The average Bonchev–Trinajstić information content (AvgIpc) is 2.36. The Balaban J connectivity index is 2.68. The summed E-state index contributed by atoms with van der Waals surface area (Å²) in [5, 5.41) is 3.96. The van der Waals surface area contributed by atoms with Crippen molar-refractivity contribution in [1.82, 2.24) is 14.8 Å². The zero-order valence-electron chi connectivity index (χ0n) is 6.23. The molecule has 1 aromatic heterocycles. The quantitative estimate of drug-likeness (QED) is 0.637. The Bertz CT molecular complexity index is 180. The largest absolute Gasteiger partial charge is 0.326 e. The Morgan fingerprint density at radius 3 is 2.60 bits per heavy atom. The molecule has 1 rings (SSSR count). The standard InChI is InChI=1S/C6H12N4/c1-5(7)6(2)10-4-8-3-9-10/h3-6H,7H2,1-2H3/t5-,6+/m1/s1. The highest BCUT2D eigenvalue weighted by atomic mass is 15.3. The normalized spacial score (nSPS) is 16.7. The van der Waals surface area contributed by atoms with E-state index in [0.717, 1.165) is 0 Å². The molecule has 0 aliphatic heterocycles. The fourth-order valence-electron chi connectivity index (χ4n) is 0.669. The first-order valence-corrected chi connectivity index (χ1v) is 3.31. The van der Waals surface area contributed by atoms with E-state index >= 15 is 0 Å². The second-order valence-corrected chi connectivity index (χ2v) is 2.48. The molecule has 0 saturated heterocycles. The van der Waals surface area contributed by atoms with Crippen LogP contribution >= 0.6 is 0 Å². The second-order valence-electron chi connectivity index (χ2n) is 2.48. The molecule has 0 spiro atoms. The first-order chi connectivity index (χ1) is 4.72. The lowest BCUT2D eigenvalue weighted by Gasteiger charge is -2.14. The van der Waals surface area contributed by atoms with Gasteiger partial charge in [-0.15, -0.1) is 0 Å². The fraction of sp³-hybridized carbons (Fsp3) is 0.667. The highest BCUT2D eigenvalue weighted by molar-refractivity contribution is 4.71. The van der Waals surface area contributed by atoms with Gasteiger partial charge in [0.15, 0.2) is 0 Å². The molecule has 2 atom stereocenters. The van der Waals surface area contributed by atoms with E-state index in [0.29, 0.717) is 0 Å². The lowest BCUT2D eigenvalue weighted by atomic mass is 10.2. The molecule has 10 heavy (non-hydrogen) atoms. The molecule has 4 heteroatoms. The Kier molecular flexibility index (Phi) is 2.01. The summed E-state index contributed by atoms with van der Waals surface area (Å²) in [6.45, 7) is 3.96. The molecule has 0 aliphatic rings. The predicted octanol–water partition coefficient (Wildman–Crippen LogP) is 0.186. The van der Waals surface area contributed by atoms with E-state index < -0.39 is 0 Å². The molecule has 56 valence electrons. The van der Waals surface area contributed by atoms with Crippen LogP contribution in [0.1, 0.15) is 19.9 Å². The van der Waals surface area contributed by atoms with Gasteiger partial charge in [-0.05, 0) is 13.8 Å². The van der Waals surface area contributed by atoms with Crippen molar-refractivity contribution in [1.29, 1.82) is 0 Å². The van der Waals surface area contributed by atoms with Gasteiger partial charge in [-0.25, -0.2) is 9.67 Å². The van der Waals surface area contributed by atoms with Crippen molar-refractivity contribution >= 4 is 0 Å². The Morgan fingerprint density at radius 1 is 1.50 bits per heavy atom. The summed E-state index contributed by atoms with van der Waals surface area (Å²) >= 11 is 0. The molecule has 0 radical (unpaired) electrons. The number of hydrogen-bond acceptors (Lipinski definition) is 3. The minimum absolute atomic E-state index is 0.113. The highest BCUT2D eigenvalue weighted by Crippen LogP contribution is 2.04. The first-order valence-electron chi connectivity index (χ1n) is 3.31. The van der Waals surface area contributed by atoms with E-state index in [-0.39, 0.29) is 12.1 Å². The lowest BCUT2D eigenvalue weighted by Crippen LogP contribution is -2.27. The van der Waals surface area contributed by atoms with Gasteiger partial charge in [0.1, 0.15) is 12.7 Å². The first kappa shape index (κ1) is 7.21. The van der Waals surface area contributed by atoms with Crippen molar-refractivity contribution in [3.8, 4) is 0 Å². The topological polar surface area (TPSA) is 56.7 Å². The zero-order valence-corrected chi connectivity index (χ0v) is 6.23. The van der Waals surface area contributed by atoms with Crippen molar-refractivity contribution in [3.63, 3.8) is 0 Å². The fourth-order valence-corrected chi connectivity index (χ4v) is 0.669. The summed E-state index contributed by atoms with van der Waals surface area (Å²) in [6.07, 6.45) is 3.19. The average molecular weight is 140 g/mol. The summed E-state index contributed by atoms with van der Waals surface area (Å²) in [7, 11) is 0. The molecule has 0 aliphatic carbocycles. The SMILES string of the molecule is C[C@@H](N)[C@H](C)n1cncn1. The van der Waals surface area contributed by atoms with Gasteiger partial charge in [0.2, 0.25) is 0 Å². The van der Waals surface area contributed by atoms with Gasteiger partial charge < -0.3 is 5.73 Å². The van der Waals surface area contributed by atoms with Gasteiger partial charge in [-0.3, -0.25) is 0 Å². The van der Waals surface area contributed by atoms with Gasteiger partial charge in [0.05, 0.1) is 6.04 Å². The molecule has 0 amide bonds. The molecular weight excluding hydrogens is 128 g/mol. The molecule has 0 bridgehead atoms. The van der Waals surface area contributed by atoms with E-state index in [9.17, 15) is 0 Å². The van der Waals surface area contributed by atoms with Gasteiger partial charge >= 0.3 is 0 Å².